The van der Waals surface area contributed by atoms with Crippen LogP contribution in [-0.4, -0.2) is 42.9 Å². The summed E-state index contributed by atoms with van der Waals surface area (Å²) in [4.78, 5) is 9.61. The third-order valence-electron chi connectivity index (χ3n) is 4.15. The molecule has 1 heterocycles. The highest BCUT2D eigenvalue weighted by atomic mass is 127. The second kappa shape index (κ2) is 8.34. The molecule has 0 aromatic heterocycles. The molecular formula is C19H24IN3. The van der Waals surface area contributed by atoms with Gasteiger partial charge in [-0.15, -0.1) is 24.0 Å². The van der Waals surface area contributed by atoms with Gasteiger partial charge in [0.2, 0.25) is 0 Å². The lowest BCUT2D eigenvalue weighted by atomic mass is 9.99. The molecule has 0 unspecified atom stereocenters. The van der Waals surface area contributed by atoms with E-state index in [9.17, 15) is 0 Å². The summed E-state index contributed by atoms with van der Waals surface area (Å²) in [5.74, 6) is 1.07. The Balaban J connectivity index is 0.00000192. The van der Waals surface area contributed by atoms with Crippen LogP contribution in [0.4, 0.5) is 0 Å². The lowest BCUT2D eigenvalue weighted by molar-refractivity contribution is 0.315. The van der Waals surface area contributed by atoms with Gasteiger partial charge in [0, 0.05) is 27.2 Å². The van der Waals surface area contributed by atoms with Gasteiger partial charge in [-0.2, -0.15) is 0 Å². The van der Waals surface area contributed by atoms with Crippen LogP contribution in [-0.2, 0) is 0 Å². The molecule has 3 nitrogen and oxygen atoms in total. The van der Waals surface area contributed by atoms with Crippen LogP contribution in [0.15, 0.2) is 65.7 Å². The number of benzene rings is 2. The Labute approximate surface area is 156 Å². The van der Waals surface area contributed by atoms with Gasteiger partial charge in [-0.3, -0.25) is 0 Å². The minimum Gasteiger partial charge on any atom is -0.346 e. The number of hydrogen-bond donors (Lipinski definition) is 0. The highest BCUT2D eigenvalue weighted by molar-refractivity contribution is 14.0. The first kappa shape index (κ1) is 17.8. The Kier molecular flexibility index (Phi) is 6.45. The van der Waals surface area contributed by atoms with Crippen molar-refractivity contribution in [3.8, 4) is 0 Å². The maximum atomic E-state index is 5.11. The van der Waals surface area contributed by atoms with Gasteiger partial charge >= 0.3 is 0 Å². The van der Waals surface area contributed by atoms with Crippen LogP contribution in [0.3, 0.4) is 0 Å². The lowest BCUT2D eigenvalue weighted by Gasteiger charge is -2.35. The van der Waals surface area contributed by atoms with Gasteiger partial charge in [0.15, 0.2) is 5.96 Å². The summed E-state index contributed by atoms with van der Waals surface area (Å²) in [6.45, 7) is 2.14. The topological polar surface area (TPSA) is 18.8 Å². The minimum atomic E-state index is 0. The molecule has 1 fully saturated rings. The zero-order valence-corrected chi connectivity index (χ0v) is 16.1. The average molecular weight is 421 g/mol. The monoisotopic (exact) mass is 421 g/mol. The van der Waals surface area contributed by atoms with E-state index in [-0.39, 0.29) is 30.0 Å². The molecule has 0 aliphatic carbocycles. The predicted molar refractivity (Wildman–Crippen MR) is 107 cm³/mol. The van der Waals surface area contributed by atoms with Crippen molar-refractivity contribution in [1.82, 2.24) is 9.80 Å². The first-order chi connectivity index (χ1) is 10.8. The Bertz CT molecular complexity index is 576. The highest BCUT2D eigenvalue weighted by Gasteiger charge is 2.21. The van der Waals surface area contributed by atoms with Gasteiger partial charge in [0.05, 0.1) is 0 Å². The van der Waals surface area contributed by atoms with Crippen LogP contribution >= 0.6 is 24.0 Å². The molecule has 4 heteroatoms. The number of rotatable bonds is 3. The molecule has 2 aromatic carbocycles. The molecule has 0 bridgehead atoms. The summed E-state index contributed by atoms with van der Waals surface area (Å²) < 4.78 is 0. The van der Waals surface area contributed by atoms with Crippen LogP contribution in [0.5, 0.6) is 0 Å². The molecule has 1 aliphatic heterocycles. The van der Waals surface area contributed by atoms with E-state index in [1.807, 2.05) is 0 Å². The molecule has 0 atom stereocenters. The number of hydrogen-bond acceptors (Lipinski definition) is 1. The van der Waals surface area contributed by atoms with Crippen LogP contribution in [0.1, 0.15) is 23.6 Å². The second-order valence-corrected chi connectivity index (χ2v) is 5.85. The van der Waals surface area contributed by atoms with E-state index >= 15 is 0 Å². The van der Waals surface area contributed by atoms with Crippen molar-refractivity contribution < 1.29 is 0 Å². The third kappa shape index (κ3) is 4.25. The summed E-state index contributed by atoms with van der Waals surface area (Å²) in [7, 11) is 4.25. The summed E-state index contributed by atoms with van der Waals surface area (Å²) in [5.41, 5.74) is 2.46. The largest absolute Gasteiger partial charge is 0.346 e. The SMILES string of the molecule is CN1CCCN(C)C1=NC(c1ccccc1)c1ccccc1.I. The minimum absolute atomic E-state index is 0. The summed E-state index contributed by atoms with van der Waals surface area (Å²) >= 11 is 0. The van der Waals surface area contributed by atoms with Gasteiger partial charge in [-0.05, 0) is 17.5 Å². The Hall–Kier alpha value is -1.56. The first-order valence-electron chi connectivity index (χ1n) is 7.85. The third-order valence-corrected chi connectivity index (χ3v) is 4.15. The standard InChI is InChI=1S/C19H23N3.HI/c1-21-14-9-15-22(2)19(21)20-18(16-10-5-3-6-11-16)17-12-7-4-8-13-17;/h3-8,10-13,18H,9,14-15H2,1-2H3;1H. The van der Waals surface area contributed by atoms with Crippen molar-refractivity contribution >= 4 is 29.9 Å². The van der Waals surface area contributed by atoms with E-state index in [0.29, 0.717) is 0 Å². The fourth-order valence-electron chi connectivity index (χ4n) is 2.96. The van der Waals surface area contributed by atoms with Gasteiger partial charge in [0.25, 0.3) is 0 Å². The van der Waals surface area contributed by atoms with Crippen LogP contribution in [0.2, 0.25) is 0 Å². The van der Waals surface area contributed by atoms with Crippen LogP contribution in [0, 0.1) is 0 Å². The first-order valence-corrected chi connectivity index (χ1v) is 7.85. The molecule has 0 saturated carbocycles. The Morgan fingerprint density at radius 1 is 0.783 bits per heavy atom. The maximum absolute atomic E-state index is 5.11. The molecule has 0 radical (unpaired) electrons. The fraction of sp³-hybridized carbons (Fsp3) is 0.316. The van der Waals surface area contributed by atoms with Gasteiger partial charge in [-0.1, -0.05) is 60.7 Å². The van der Waals surface area contributed by atoms with Gasteiger partial charge in [0.1, 0.15) is 6.04 Å². The van der Waals surface area contributed by atoms with E-state index < -0.39 is 0 Å². The number of guanidine groups is 1. The van der Waals surface area contributed by atoms with Crippen molar-refractivity contribution in [3.63, 3.8) is 0 Å². The highest BCUT2D eigenvalue weighted by Crippen LogP contribution is 2.27. The second-order valence-electron chi connectivity index (χ2n) is 5.85. The van der Waals surface area contributed by atoms with Gasteiger partial charge in [-0.25, -0.2) is 4.99 Å². The molecule has 2 aromatic rings. The molecule has 0 spiro atoms. The van der Waals surface area contributed by atoms with Crippen LogP contribution < -0.4 is 0 Å². The molecule has 1 saturated heterocycles. The molecule has 23 heavy (non-hydrogen) atoms. The molecular weight excluding hydrogens is 397 g/mol. The number of nitrogens with zero attached hydrogens (tertiary/aromatic N) is 3. The van der Waals surface area contributed by atoms with Gasteiger partial charge < -0.3 is 9.80 Å². The van der Waals surface area contributed by atoms with Crippen molar-refractivity contribution in [1.29, 1.82) is 0 Å². The smallest absolute Gasteiger partial charge is 0.197 e. The lowest BCUT2D eigenvalue weighted by Crippen LogP contribution is -2.46. The molecule has 122 valence electrons. The predicted octanol–water partition coefficient (Wildman–Crippen LogP) is 4.02. The summed E-state index contributed by atoms with van der Waals surface area (Å²) in [6, 6.07) is 21.1. The summed E-state index contributed by atoms with van der Waals surface area (Å²) in [5, 5.41) is 0. The Morgan fingerprint density at radius 3 is 1.65 bits per heavy atom. The average Bonchev–Trinajstić information content (AvgIpc) is 2.56. The van der Waals surface area contributed by atoms with Crippen LogP contribution in [0.25, 0.3) is 0 Å². The quantitative estimate of drug-likeness (QED) is 0.698. The normalized spacial score (nSPS) is 14.7. The van der Waals surface area contributed by atoms with E-state index in [0.717, 1.165) is 19.0 Å². The van der Waals surface area contributed by atoms with E-state index in [4.69, 9.17) is 4.99 Å². The zero-order valence-electron chi connectivity index (χ0n) is 13.7. The fourth-order valence-corrected chi connectivity index (χ4v) is 2.96. The Morgan fingerprint density at radius 2 is 1.22 bits per heavy atom. The van der Waals surface area contributed by atoms with Crippen molar-refractivity contribution in [2.75, 3.05) is 27.2 Å². The van der Waals surface area contributed by atoms with Crippen molar-refractivity contribution in [2.45, 2.75) is 12.5 Å². The molecule has 0 amide bonds. The number of halogens is 1. The van der Waals surface area contributed by atoms with E-state index in [1.165, 1.54) is 17.5 Å². The van der Waals surface area contributed by atoms with Crippen molar-refractivity contribution in [3.05, 3.63) is 71.8 Å². The summed E-state index contributed by atoms with van der Waals surface area (Å²) in [6.07, 6.45) is 1.19. The maximum Gasteiger partial charge on any atom is 0.197 e. The molecule has 1 aliphatic rings. The van der Waals surface area contributed by atoms with E-state index in [2.05, 4.69) is 84.6 Å². The van der Waals surface area contributed by atoms with Crippen molar-refractivity contribution in [2.24, 2.45) is 4.99 Å². The number of aliphatic imine (C=N–C) groups is 1. The molecule has 0 N–H and O–H groups in total. The zero-order chi connectivity index (χ0) is 15.4. The molecule has 3 rings (SSSR count). The van der Waals surface area contributed by atoms with E-state index in [1.54, 1.807) is 0 Å².